The summed E-state index contributed by atoms with van der Waals surface area (Å²) < 4.78 is 5.12. The quantitative estimate of drug-likeness (QED) is 0.808. The lowest BCUT2D eigenvalue weighted by Crippen LogP contribution is -2.12. The number of hydrogen-bond donors (Lipinski definition) is 1. The Hall–Kier alpha value is -0.730. The van der Waals surface area contributed by atoms with Crippen LogP contribution in [0.25, 0.3) is 0 Å². The molecule has 0 heterocycles. The average molecular weight is 200 g/mol. The Balaban J connectivity index is 2.99. The Labute approximate surface area is 83.9 Å². The molecule has 0 radical (unpaired) electrons. The van der Waals surface area contributed by atoms with Gasteiger partial charge in [-0.15, -0.1) is 0 Å². The Morgan fingerprint density at radius 3 is 2.69 bits per heavy atom. The average Bonchev–Trinajstić information content (AvgIpc) is 2.17. The maximum atomic E-state index is 5.90. The van der Waals surface area contributed by atoms with Crippen molar-refractivity contribution in [3.05, 3.63) is 28.8 Å². The van der Waals surface area contributed by atoms with Crippen LogP contribution in [0, 0.1) is 0 Å². The van der Waals surface area contributed by atoms with Gasteiger partial charge in [0.25, 0.3) is 0 Å². The first-order valence-corrected chi connectivity index (χ1v) is 4.57. The molecule has 0 saturated heterocycles. The van der Waals surface area contributed by atoms with Crippen LogP contribution in [0.15, 0.2) is 18.2 Å². The molecule has 0 spiro atoms. The van der Waals surface area contributed by atoms with E-state index in [1.807, 2.05) is 25.2 Å². The summed E-state index contributed by atoms with van der Waals surface area (Å²) in [5.41, 5.74) is 1.17. The molecule has 1 aromatic rings. The molecule has 1 unspecified atom stereocenters. The molecule has 1 N–H and O–H groups in total. The summed E-state index contributed by atoms with van der Waals surface area (Å²) in [6, 6.07) is 6.10. The highest BCUT2D eigenvalue weighted by Crippen LogP contribution is 2.27. The molecule has 72 valence electrons. The normalized spacial score (nSPS) is 12.6. The molecular weight excluding hydrogens is 186 g/mol. The number of nitrogens with one attached hydrogen (secondary N) is 1. The lowest BCUT2D eigenvalue weighted by atomic mass is 10.1. The van der Waals surface area contributed by atoms with Crippen molar-refractivity contribution in [2.45, 2.75) is 13.0 Å². The van der Waals surface area contributed by atoms with Crippen LogP contribution >= 0.6 is 11.6 Å². The van der Waals surface area contributed by atoms with E-state index in [-0.39, 0.29) is 0 Å². The molecule has 0 aliphatic heterocycles. The smallest absolute Gasteiger partial charge is 0.137 e. The van der Waals surface area contributed by atoms with Crippen LogP contribution in [0.4, 0.5) is 0 Å². The Bertz CT molecular complexity index is 288. The maximum Gasteiger partial charge on any atom is 0.137 e. The van der Waals surface area contributed by atoms with E-state index in [0.717, 1.165) is 5.75 Å². The van der Waals surface area contributed by atoms with Crippen LogP contribution in [0.2, 0.25) is 5.02 Å². The molecule has 1 atom stereocenters. The Morgan fingerprint density at radius 1 is 1.46 bits per heavy atom. The van der Waals surface area contributed by atoms with E-state index < -0.39 is 0 Å². The van der Waals surface area contributed by atoms with Gasteiger partial charge in [0.2, 0.25) is 0 Å². The Morgan fingerprint density at radius 2 is 2.15 bits per heavy atom. The van der Waals surface area contributed by atoms with E-state index in [9.17, 15) is 0 Å². The molecule has 3 heteroatoms. The van der Waals surface area contributed by atoms with Crippen molar-refractivity contribution in [2.24, 2.45) is 0 Å². The summed E-state index contributed by atoms with van der Waals surface area (Å²) in [7, 11) is 3.54. The third-order valence-electron chi connectivity index (χ3n) is 2.11. The van der Waals surface area contributed by atoms with Gasteiger partial charge in [0.05, 0.1) is 12.1 Å². The fraction of sp³-hybridized carbons (Fsp3) is 0.400. The van der Waals surface area contributed by atoms with E-state index in [1.165, 1.54) is 5.56 Å². The first-order valence-electron chi connectivity index (χ1n) is 4.19. The third-order valence-corrected chi connectivity index (χ3v) is 2.42. The van der Waals surface area contributed by atoms with Crippen LogP contribution in [-0.2, 0) is 0 Å². The van der Waals surface area contributed by atoms with E-state index in [1.54, 1.807) is 7.11 Å². The van der Waals surface area contributed by atoms with Crippen LogP contribution in [0.5, 0.6) is 5.75 Å². The van der Waals surface area contributed by atoms with Crippen molar-refractivity contribution in [3.63, 3.8) is 0 Å². The largest absolute Gasteiger partial charge is 0.495 e. The third kappa shape index (κ3) is 2.36. The summed E-state index contributed by atoms with van der Waals surface area (Å²) in [6.45, 7) is 2.09. The predicted molar refractivity (Wildman–Crippen MR) is 55.5 cm³/mol. The summed E-state index contributed by atoms with van der Waals surface area (Å²) in [4.78, 5) is 0. The summed E-state index contributed by atoms with van der Waals surface area (Å²) >= 11 is 5.90. The van der Waals surface area contributed by atoms with Gasteiger partial charge in [-0.25, -0.2) is 0 Å². The monoisotopic (exact) mass is 199 g/mol. The lowest BCUT2D eigenvalue weighted by molar-refractivity contribution is 0.414. The van der Waals surface area contributed by atoms with Gasteiger partial charge in [0.1, 0.15) is 5.75 Å². The van der Waals surface area contributed by atoms with Gasteiger partial charge in [-0.1, -0.05) is 17.7 Å². The van der Waals surface area contributed by atoms with Crippen LogP contribution in [-0.4, -0.2) is 14.2 Å². The van der Waals surface area contributed by atoms with E-state index >= 15 is 0 Å². The fourth-order valence-electron chi connectivity index (χ4n) is 1.11. The molecule has 0 saturated carbocycles. The number of benzene rings is 1. The molecule has 0 aliphatic carbocycles. The molecule has 13 heavy (non-hydrogen) atoms. The number of methoxy groups -OCH3 is 1. The zero-order valence-corrected chi connectivity index (χ0v) is 8.85. The molecule has 1 rings (SSSR count). The van der Waals surface area contributed by atoms with Gasteiger partial charge in [0, 0.05) is 6.04 Å². The van der Waals surface area contributed by atoms with Gasteiger partial charge in [0.15, 0.2) is 0 Å². The SMILES string of the molecule is CNC(C)c1ccc(Cl)c(OC)c1. The molecule has 0 bridgehead atoms. The van der Waals surface area contributed by atoms with Gasteiger partial charge in [-0.3, -0.25) is 0 Å². The van der Waals surface area contributed by atoms with Crippen molar-refractivity contribution >= 4 is 11.6 Å². The van der Waals surface area contributed by atoms with Crippen molar-refractivity contribution < 1.29 is 4.74 Å². The topological polar surface area (TPSA) is 21.3 Å². The molecular formula is C10H14ClNO. The van der Waals surface area contributed by atoms with Crippen molar-refractivity contribution in [1.82, 2.24) is 5.32 Å². The molecule has 2 nitrogen and oxygen atoms in total. The summed E-state index contributed by atoms with van der Waals surface area (Å²) in [6.07, 6.45) is 0. The van der Waals surface area contributed by atoms with Gasteiger partial charge < -0.3 is 10.1 Å². The van der Waals surface area contributed by atoms with Crippen molar-refractivity contribution in [1.29, 1.82) is 0 Å². The molecule has 0 amide bonds. The van der Waals surface area contributed by atoms with Crippen molar-refractivity contribution in [3.8, 4) is 5.75 Å². The molecule has 1 aromatic carbocycles. The Kier molecular flexibility index (Phi) is 3.58. The molecule has 0 aliphatic rings. The highest BCUT2D eigenvalue weighted by atomic mass is 35.5. The van der Waals surface area contributed by atoms with Gasteiger partial charge in [-0.2, -0.15) is 0 Å². The van der Waals surface area contributed by atoms with Crippen molar-refractivity contribution in [2.75, 3.05) is 14.2 Å². The van der Waals surface area contributed by atoms with Gasteiger partial charge >= 0.3 is 0 Å². The maximum absolute atomic E-state index is 5.90. The van der Waals surface area contributed by atoms with Crippen LogP contribution in [0.1, 0.15) is 18.5 Å². The molecule has 0 fully saturated rings. The highest BCUT2D eigenvalue weighted by molar-refractivity contribution is 6.32. The zero-order valence-electron chi connectivity index (χ0n) is 8.10. The van der Waals surface area contributed by atoms with E-state index in [2.05, 4.69) is 12.2 Å². The highest BCUT2D eigenvalue weighted by Gasteiger charge is 2.06. The van der Waals surface area contributed by atoms with E-state index in [0.29, 0.717) is 11.1 Å². The first-order chi connectivity index (χ1) is 6.19. The summed E-state index contributed by atoms with van der Waals surface area (Å²) in [5.74, 6) is 0.723. The zero-order chi connectivity index (χ0) is 9.84. The minimum Gasteiger partial charge on any atom is -0.495 e. The fourth-order valence-corrected chi connectivity index (χ4v) is 1.31. The van der Waals surface area contributed by atoms with E-state index in [4.69, 9.17) is 16.3 Å². The minimum absolute atomic E-state index is 0.311. The van der Waals surface area contributed by atoms with Gasteiger partial charge in [-0.05, 0) is 31.7 Å². The standard InChI is InChI=1S/C10H14ClNO/c1-7(12-2)8-4-5-9(11)10(6-8)13-3/h4-7,12H,1-3H3. The second-order valence-electron chi connectivity index (χ2n) is 2.90. The van der Waals surface area contributed by atoms with Crippen LogP contribution in [0.3, 0.4) is 0 Å². The first kappa shape index (κ1) is 10.4. The van der Waals surface area contributed by atoms with Crippen LogP contribution < -0.4 is 10.1 Å². The lowest BCUT2D eigenvalue weighted by Gasteiger charge is -2.12. The molecule has 0 aromatic heterocycles. The number of ether oxygens (including phenoxy) is 1. The second-order valence-corrected chi connectivity index (χ2v) is 3.31. The second kappa shape index (κ2) is 4.49. The number of halogens is 1. The number of hydrogen-bond acceptors (Lipinski definition) is 2. The summed E-state index contributed by atoms with van der Waals surface area (Å²) in [5, 5.41) is 3.80. The number of rotatable bonds is 3. The predicted octanol–water partition coefficient (Wildman–Crippen LogP) is 2.63. The minimum atomic E-state index is 0.311.